The van der Waals surface area contributed by atoms with Crippen molar-refractivity contribution >= 4 is 39.1 Å². The van der Waals surface area contributed by atoms with E-state index in [1.54, 1.807) is 42.5 Å². The van der Waals surface area contributed by atoms with Crippen molar-refractivity contribution in [1.29, 1.82) is 0 Å². The van der Waals surface area contributed by atoms with Crippen LogP contribution in [0.5, 0.6) is 0 Å². The summed E-state index contributed by atoms with van der Waals surface area (Å²) in [7, 11) is -4.11. The van der Waals surface area contributed by atoms with Crippen molar-refractivity contribution in [2.75, 3.05) is 10.8 Å². The predicted octanol–water partition coefficient (Wildman–Crippen LogP) is 5.18. The van der Waals surface area contributed by atoms with E-state index in [0.29, 0.717) is 17.1 Å². The number of hydrogen-bond donors (Lipinski definition) is 1. The standard InChI is InChI=1S/C29H34ClN3O4S/c1-5-27(29(35)31-21(2)3)32(19-23-12-10-9-11-22(23)4)28(34)20-33(25-17-15-24(30)16-18-25)38(36,37)26-13-7-6-8-14-26/h6-18,21,27H,5,19-20H2,1-4H3,(H,31,35)/t27-/m0/s1. The first-order valence-corrected chi connectivity index (χ1v) is 14.3. The minimum absolute atomic E-state index is 0.0535. The van der Waals surface area contributed by atoms with Gasteiger partial charge in [-0.05, 0) is 74.7 Å². The molecule has 0 aliphatic carbocycles. The number of hydrogen-bond acceptors (Lipinski definition) is 4. The van der Waals surface area contributed by atoms with Crippen molar-refractivity contribution in [3.8, 4) is 0 Å². The molecule has 7 nitrogen and oxygen atoms in total. The van der Waals surface area contributed by atoms with Crippen LogP contribution in [0.4, 0.5) is 5.69 Å². The number of sulfonamides is 1. The Morgan fingerprint density at radius 3 is 2.11 bits per heavy atom. The highest BCUT2D eigenvalue weighted by molar-refractivity contribution is 7.92. The van der Waals surface area contributed by atoms with Gasteiger partial charge in [-0.15, -0.1) is 0 Å². The van der Waals surface area contributed by atoms with Gasteiger partial charge in [-0.25, -0.2) is 8.42 Å². The molecule has 3 rings (SSSR count). The number of rotatable bonds is 11. The predicted molar refractivity (Wildman–Crippen MR) is 152 cm³/mol. The van der Waals surface area contributed by atoms with E-state index in [-0.39, 0.29) is 23.4 Å². The normalized spacial score (nSPS) is 12.2. The highest BCUT2D eigenvalue weighted by Gasteiger charge is 2.34. The summed E-state index contributed by atoms with van der Waals surface area (Å²) in [5.41, 5.74) is 2.14. The number of nitrogens with zero attached hydrogens (tertiary/aromatic N) is 2. The van der Waals surface area contributed by atoms with Crippen molar-refractivity contribution in [3.05, 3.63) is 95.0 Å². The van der Waals surface area contributed by atoms with Crippen LogP contribution in [0.25, 0.3) is 0 Å². The van der Waals surface area contributed by atoms with Gasteiger partial charge < -0.3 is 10.2 Å². The average molecular weight is 556 g/mol. The Labute approximate surface area is 230 Å². The lowest BCUT2D eigenvalue weighted by atomic mass is 10.1. The molecule has 2 amide bonds. The first-order chi connectivity index (χ1) is 18.0. The zero-order chi connectivity index (χ0) is 27.9. The number of carbonyl (C=O) groups excluding carboxylic acids is 2. The van der Waals surface area contributed by atoms with Crippen LogP contribution in [0, 0.1) is 6.92 Å². The molecule has 1 atom stereocenters. The second-order valence-electron chi connectivity index (χ2n) is 9.34. The Bertz CT molecular complexity index is 1350. The maximum Gasteiger partial charge on any atom is 0.264 e. The Morgan fingerprint density at radius 1 is 0.921 bits per heavy atom. The summed E-state index contributed by atoms with van der Waals surface area (Å²) in [6.45, 7) is 7.15. The molecule has 38 heavy (non-hydrogen) atoms. The molecular weight excluding hydrogens is 522 g/mol. The van der Waals surface area contributed by atoms with Crippen molar-refractivity contribution in [3.63, 3.8) is 0 Å². The fourth-order valence-electron chi connectivity index (χ4n) is 4.13. The Hall–Kier alpha value is -3.36. The first-order valence-electron chi connectivity index (χ1n) is 12.5. The molecule has 3 aromatic carbocycles. The summed E-state index contributed by atoms with van der Waals surface area (Å²) < 4.78 is 28.6. The summed E-state index contributed by atoms with van der Waals surface area (Å²) >= 11 is 6.06. The number of amides is 2. The minimum Gasteiger partial charge on any atom is -0.352 e. The van der Waals surface area contributed by atoms with Crippen LogP contribution in [0.15, 0.2) is 83.8 Å². The lowest BCUT2D eigenvalue weighted by Crippen LogP contribution is -2.53. The summed E-state index contributed by atoms with van der Waals surface area (Å²) in [4.78, 5) is 28.7. The molecule has 0 heterocycles. The molecule has 0 unspecified atom stereocenters. The molecule has 0 spiro atoms. The van der Waals surface area contributed by atoms with Gasteiger partial charge in [0.15, 0.2) is 0 Å². The molecule has 0 bridgehead atoms. The van der Waals surface area contributed by atoms with Gasteiger partial charge in [0.2, 0.25) is 11.8 Å². The van der Waals surface area contributed by atoms with Crippen LogP contribution in [0.3, 0.4) is 0 Å². The molecular formula is C29H34ClN3O4S. The smallest absolute Gasteiger partial charge is 0.264 e. The first kappa shape index (κ1) is 29.2. The van der Waals surface area contributed by atoms with Crippen LogP contribution < -0.4 is 9.62 Å². The van der Waals surface area contributed by atoms with Gasteiger partial charge in [0.1, 0.15) is 12.6 Å². The maximum absolute atomic E-state index is 14.0. The molecule has 0 saturated heterocycles. The summed E-state index contributed by atoms with van der Waals surface area (Å²) in [5.74, 6) is -0.776. The maximum atomic E-state index is 14.0. The summed E-state index contributed by atoms with van der Waals surface area (Å²) in [5, 5.41) is 3.34. The van der Waals surface area contributed by atoms with E-state index in [1.807, 2.05) is 52.0 Å². The van der Waals surface area contributed by atoms with Gasteiger partial charge in [-0.2, -0.15) is 0 Å². The second-order valence-corrected chi connectivity index (χ2v) is 11.6. The quantitative estimate of drug-likeness (QED) is 0.353. The van der Waals surface area contributed by atoms with E-state index < -0.39 is 28.5 Å². The number of carbonyl (C=O) groups is 2. The fraction of sp³-hybridized carbons (Fsp3) is 0.310. The van der Waals surface area contributed by atoms with Crippen molar-refractivity contribution in [2.45, 2.75) is 57.6 Å². The molecule has 9 heteroatoms. The van der Waals surface area contributed by atoms with Crippen LogP contribution in [-0.2, 0) is 26.2 Å². The van der Waals surface area contributed by atoms with E-state index in [9.17, 15) is 18.0 Å². The van der Waals surface area contributed by atoms with Crippen LogP contribution in [0.2, 0.25) is 5.02 Å². The highest BCUT2D eigenvalue weighted by atomic mass is 35.5. The Morgan fingerprint density at radius 2 is 1.53 bits per heavy atom. The Balaban J connectivity index is 2.06. The lowest BCUT2D eigenvalue weighted by molar-refractivity contribution is -0.140. The summed E-state index contributed by atoms with van der Waals surface area (Å²) in [6, 6.07) is 20.9. The molecule has 0 fully saturated rings. The zero-order valence-electron chi connectivity index (χ0n) is 22.1. The topological polar surface area (TPSA) is 86.8 Å². The van der Waals surface area contributed by atoms with Gasteiger partial charge >= 0.3 is 0 Å². The molecule has 0 aliphatic heterocycles. The number of aryl methyl sites for hydroxylation is 1. The SMILES string of the molecule is CC[C@@H](C(=O)NC(C)C)N(Cc1ccccc1C)C(=O)CN(c1ccc(Cl)cc1)S(=O)(=O)c1ccccc1. The highest BCUT2D eigenvalue weighted by Crippen LogP contribution is 2.26. The largest absolute Gasteiger partial charge is 0.352 e. The monoisotopic (exact) mass is 555 g/mol. The lowest BCUT2D eigenvalue weighted by Gasteiger charge is -2.34. The molecule has 0 saturated carbocycles. The van der Waals surface area contributed by atoms with Crippen molar-refractivity contribution in [1.82, 2.24) is 10.2 Å². The molecule has 1 N–H and O–H groups in total. The average Bonchev–Trinajstić information content (AvgIpc) is 2.88. The number of anilines is 1. The number of nitrogens with one attached hydrogen (secondary N) is 1. The van der Waals surface area contributed by atoms with E-state index >= 15 is 0 Å². The van der Waals surface area contributed by atoms with Crippen LogP contribution in [0.1, 0.15) is 38.3 Å². The van der Waals surface area contributed by atoms with Gasteiger partial charge in [0.05, 0.1) is 10.6 Å². The molecule has 202 valence electrons. The van der Waals surface area contributed by atoms with Gasteiger partial charge in [-0.3, -0.25) is 13.9 Å². The zero-order valence-corrected chi connectivity index (χ0v) is 23.7. The van der Waals surface area contributed by atoms with Crippen molar-refractivity contribution in [2.24, 2.45) is 0 Å². The molecule has 0 radical (unpaired) electrons. The second kappa shape index (κ2) is 12.9. The van der Waals surface area contributed by atoms with E-state index in [2.05, 4.69) is 5.32 Å². The van der Waals surface area contributed by atoms with Crippen LogP contribution in [-0.4, -0.2) is 43.8 Å². The molecule has 3 aromatic rings. The summed E-state index contributed by atoms with van der Waals surface area (Å²) in [6.07, 6.45) is 0.364. The van der Waals surface area contributed by atoms with Gasteiger partial charge in [-0.1, -0.05) is 61.0 Å². The van der Waals surface area contributed by atoms with Gasteiger partial charge in [0, 0.05) is 17.6 Å². The van der Waals surface area contributed by atoms with Crippen LogP contribution >= 0.6 is 11.6 Å². The third-order valence-electron chi connectivity index (χ3n) is 6.14. The van der Waals surface area contributed by atoms with E-state index in [4.69, 9.17) is 11.6 Å². The number of halogens is 1. The third-order valence-corrected chi connectivity index (χ3v) is 8.18. The Kier molecular flexibility index (Phi) is 9.94. The third kappa shape index (κ3) is 7.14. The molecule has 0 aliphatic rings. The number of benzene rings is 3. The van der Waals surface area contributed by atoms with E-state index in [1.165, 1.54) is 17.0 Å². The molecule has 0 aromatic heterocycles. The van der Waals surface area contributed by atoms with E-state index in [0.717, 1.165) is 15.4 Å². The van der Waals surface area contributed by atoms with Crippen molar-refractivity contribution < 1.29 is 18.0 Å². The minimum atomic E-state index is -4.11. The van der Waals surface area contributed by atoms with Gasteiger partial charge in [0.25, 0.3) is 10.0 Å². The fourth-order valence-corrected chi connectivity index (χ4v) is 5.69.